The molecule has 0 amide bonds. The van der Waals surface area contributed by atoms with E-state index in [4.69, 9.17) is 11.6 Å². The molecule has 0 aliphatic rings. The number of halogens is 1. The van der Waals surface area contributed by atoms with Crippen molar-refractivity contribution in [3.63, 3.8) is 0 Å². The number of carbonyl (C=O) groups is 1. The molecule has 102 valence electrons. The van der Waals surface area contributed by atoms with Gasteiger partial charge in [0.1, 0.15) is 5.92 Å². The van der Waals surface area contributed by atoms with Gasteiger partial charge in [0.2, 0.25) is 0 Å². The highest BCUT2D eigenvalue weighted by atomic mass is 35.5. The highest BCUT2D eigenvalue weighted by molar-refractivity contribution is 7.20. The van der Waals surface area contributed by atoms with E-state index in [-0.39, 0.29) is 5.78 Å². The maximum absolute atomic E-state index is 12.6. The molecule has 21 heavy (non-hydrogen) atoms. The van der Waals surface area contributed by atoms with E-state index >= 15 is 0 Å². The number of fused-ring (bicyclic) bond motifs is 1. The lowest BCUT2D eigenvalue weighted by Gasteiger charge is -2.08. The first kappa shape index (κ1) is 13.8. The molecular formula is C17H10ClNOS. The van der Waals surface area contributed by atoms with Gasteiger partial charge in [-0.3, -0.25) is 4.79 Å². The first-order valence-electron chi connectivity index (χ1n) is 6.37. The molecule has 0 spiro atoms. The topological polar surface area (TPSA) is 40.9 Å². The van der Waals surface area contributed by atoms with Crippen LogP contribution in [0.3, 0.4) is 0 Å². The zero-order valence-electron chi connectivity index (χ0n) is 10.9. The van der Waals surface area contributed by atoms with Crippen molar-refractivity contribution in [3.8, 4) is 6.07 Å². The number of Topliss-reactive ketones (excluding diaryl/α,β-unsaturated/α-hetero) is 1. The van der Waals surface area contributed by atoms with E-state index < -0.39 is 5.92 Å². The van der Waals surface area contributed by atoms with Crippen LogP contribution in [-0.4, -0.2) is 5.78 Å². The molecule has 0 saturated heterocycles. The van der Waals surface area contributed by atoms with Gasteiger partial charge in [-0.15, -0.1) is 11.3 Å². The maximum atomic E-state index is 12.6. The summed E-state index contributed by atoms with van der Waals surface area (Å²) < 4.78 is 1.04. The molecular weight excluding hydrogens is 302 g/mol. The van der Waals surface area contributed by atoms with Crippen LogP contribution >= 0.6 is 22.9 Å². The predicted molar refractivity (Wildman–Crippen MR) is 86.0 cm³/mol. The summed E-state index contributed by atoms with van der Waals surface area (Å²) in [5.74, 6) is -1.07. The molecule has 0 radical (unpaired) electrons. The fourth-order valence-electron chi connectivity index (χ4n) is 2.22. The van der Waals surface area contributed by atoms with Crippen molar-refractivity contribution in [3.05, 3.63) is 70.1 Å². The van der Waals surface area contributed by atoms with Crippen molar-refractivity contribution in [2.45, 2.75) is 5.92 Å². The van der Waals surface area contributed by atoms with Gasteiger partial charge in [0.05, 0.1) is 10.9 Å². The zero-order valence-corrected chi connectivity index (χ0v) is 12.5. The minimum absolute atomic E-state index is 0.202. The molecule has 1 atom stereocenters. The first-order valence-corrected chi connectivity index (χ1v) is 7.57. The second kappa shape index (κ2) is 5.69. The summed E-state index contributed by atoms with van der Waals surface area (Å²) in [5, 5.41) is 10.8. The van der Waals surface area contributed by atoms with E-state index in [1.54, 1.807) is 24.3 Å². The standard InChI is InChI=1S/C17H10ClNOS/c18-14-7-3-2-6-12(14)13(10-19)17(20)16-9-11-5-1-4-8-15(11)21-16/h1-9,13H. The van der Waals surface area contributed by atoms with Crippen molar-refractivity contribution < 1.29 is 4.79 Å². The van der Waals surface area contributed by atoms with Crippen LogP contribution in [0.25, 0.3) is 10.1 Å². The second-order valence-corrected chi connectivity index (χ2v) is 6.09. The number of nitrogens with zero attached hydrogens (tertiary/aromatic N) is 1. The molecule has 0 fully saturated rings. The summed E-state index contributed by atoms with van der Waals surface area (Å²) in [6.45, 7) is 0. The zero-order chi connectivity index (χ0) is 14.8. The molecule has 1 unspecified atom stereocenters. The van der Waals surface area contributed by atoms with E-state index in [2.05, 4.69) is 6.07 Å². The van der Waals surface area contributed by atoms with Crippen LogP contribution in [-0.2, 0) is 0 Å². The summed E-state index contributed by atoms with van der Waals surface area (Å²) >= 11 is 7.51. The molecule has 3 aromatic rings. The summed E-state index contributed by atoms with van der Waals surface area (Å²) in [6, 6.07) is 18.7. The van der Waals surface area contributed by atoms with Crippen molar-refractivity contribution >= 4 is 38.8 Å². The average molecular weight is 312 g/mol. The van der Waals surface area contributed by atoms with Gasteiger partial charge < -0.3 is 0 Å². The highest BCUT2D eigenvalue weighted by Gasteiger charge is 2.25. The normalized spacial score (nSPS) is 12.0. The molecule has 0 aliphatic heterocycles. The van der Waals surface area contributed by atoms with Gasteiger partial charge in [0.25, 0.3) is 0 Å². The lowest BCUT2D eigenvalue weighted by atomic mass is 9.95. The van der Waals surface area contributed by atoms with E-state index in [1.165, 1.54) is 11.3 Å². The lowest BCUT2D eigenvalue weighted by Crippen LogP contribution is -2.10. The number of ketones is 1. The molecule has 4 heteroatoms. The molecule has 0 N–H and O–H groups in total. The minimum atomic E-state index is -0.869. The maximum Gasteiger partial charge on any atom is 0.194 e. The molecule has 0 aliphatic carbocycles. The van der Waals surface area contributed by atoms with Crippen LogP contribution in [0.4, 0.5) is 0 Å². The Hall–Kier alpha value is -2.15. The van der Waals surface area contributed by atoms with Gasteiger partial charge in [0, 0.05) is 9.72 Å². The van der Waals surface area contributed by atoms with Crippen LogP contribution in [0.2, 0.25) is 5.02 Å². The molecule has 2 aromatic carbocycles. The molecule has 1 aromatic heterocycles. The SMILES string of the molecule is N#CC(C(=O)c1cc2ccccc2s1)c1ccccc1Cl. The Morgan fingerprint density at radius 1 is 1.14 bits per heavy atom. The van der Waals surface area contributed by atoms with Gasteiger partial charge in [-0.2, -0.15) is 5.26 Å². The fourth-order valence-corrected chi connectivity index (χ4v) is 3.50. The predicted octanol–water partition coefficient (Wildman–Crippen LogP) is 5.04. The second-order valence-electron chi connectivity index (χ2n) is 4.60. The third-order valence-corrected chi connectivity index (χ3v) is 4.75. The van der Waals surface area contributed by atoms with Crippen LogP contribution in [0.5, 0.6) is 0 Å². The molecule has 0 bridgehead atoms. The largest absolute Gasteiger partial charge is 0.291 e. The lowest BCUT2D eigenvalue weighted by molar-refractivity contribution is 0.0983. The number of rotatable bonds is 3. The summed E-state index contributed by atoms with van der Waals surface area (Å²) in [7, 11) is 0. The quantitative estimate of drug-likeness (QED) is 0.635. The molecule has 2 nitrogen and oxygen atoms in total. The van der Waals surface area contributed by atoms with Crippen molar-refractivity contribution in [1.29, 1.82) is 5.26 Å². The van der Waals surface area contributed by atoms with Gasteiger partial charge in [0.15, 0.2) is 5.78 Å². The van der Waals surface area contributed by atoms with Crippen LogP contribution < -0.4 is 0 Å². The van der Waals surface area contributed by atoms with Gasteiger partial charge >= 0.3 is 0 Å². The number of hydrogen-bond acceptors (Lipinski definition) is 3. The van der Waals surface area contributed by atoms with Crippen molar-refractivity contribution in [2.24, 2.45) is 0 Å². The Balaban J connectivity index is 2.03. The summed E-state index contributed by atoms with van der Waals surface area (Å²) in [6.07, 6.45) is 0. The van der Waals surface area contributed by atoms with Gasteiger partial charge in [-0.1, -0.05) is 48.0 Å². The molecule has 0 saturated carbocycles. The Morgan fingerprint density at radius 3 is 2.57 bits per heavy atom. The third-order valence-electron chi connectivity index (χ3n) is 3.28. The monoisotopic (exact) mass is 311 g/mol. The minimum Gasteiger partial charge on any atom is -0.291 e. The van der Waals surface area contributed by atoms with Crippen molar-refractivity contribution in [2.75, 3.05) is 0 Å². The van der Waals surface area contributed by atoms with E-state index in [0.29, 0.717) is 15.5 Å². The smallest absolute Gasteiger partial charge is 0.194 e. The van der Waals surface area contributed by atoms with Gasteiger partial charge in [-0.25, -0.2) is 0 Å². The Bertz CT molecular complexity index is 829. The Morgan fingerprint density at radius 2 is 1.86 bits per heavy atom. The van der Waals surface area contributed by atoms with Gasteiger partial charge in [-0.05, 0) is 29.1 Å². The van der Waals surface area contributed by atoms with Crippen molar-refractivity contribution in [1.82, 2.24) is 0 Å². The van der Waals surface area contributed by atoms with E-state index in [9.17, 15) is 10.1 Å². The number of carbonyl (C=O) groups excluding carboxylic acids is 1. The Labute approximate surface area is 131 Å². The first-order chi connectivity index (χ1) is 10.2. The van der Waals surface area contributed by atoms with E-state index in [1.807, 2.05) is 30.3 Å². The number of nitriles is 1. The molecule has 3 rings (SSSR count). The van der Waals surface area contributed by atoms with Crippen LogP contribution in [0, 0.1) is 11.3 Å². The summed E-state index contributed by atoms with van der Waals surface area (Å²) in [4.78, 5) is 13.2. The van der Waals surface area contributed by atoms with Crippen LogP contribution in [0.1, 0.15) is 21.2 Å². The molecule has 1 heterocycles. The third kappa shape index (κ3) is 2.56. The van der Waals surface area contributed by atoms with Crippen LogP contribution in [0.15, 0.2) is 54.6 Å². The number of hydrogen-bond donors (Lipinski definition) is 0. The van der Waals surface area contributed by atoms with E-state index in [0.717, 1.165) is 10.1 Å². The number of thiophene rings is 1. The fraction of sp³-hybridized carbons (Fsp3) is 0.0588. The summed E-state index contributed by atoms with van der Waals surface area (Å²) in [5.41, 5.74) is 0.559. The Kier molecular flexibility index (Phi) is 3.74. The number of benzene rings is 2. The highest BCUT2D eigenvalue weighted by Crippen LogP contribution is 2.32. The average Bonchev–Trinajstić information content (AvgIpc) is 2.93.